The van der Waals surface area contributed by atoms with Gasteiger partial charge in [-0.3, -0.25) is 4.79 Å². The van der Waals surface area contributed by atoms with E-state index in [9.17, 15) is 9.59 Å². The van der Waals surface area contributed by atoms with Crippen molar-refractivity contribution in [2.45, 2.75) is 26.9 Å². The molecule has 154 valence electrons. The fraction of sp³-hybridized carbons (Fsp3) is 0.190. The molecule has 0 fully saturated rings. The Morgan fingerprint density at radius 1 is 1.07 bits per heavy atom. The first-order valence-electron chi connectivity index (χ1n) is 9.34. The number of carbonyl (C=O) groups is 2. The summed E-state index contributed by atoms with van der Waals surface area (Å²) >= 11 is 0. The van der Waals surface area contributed by atoms with Gasteiger partial charge in [-0.15, -0.1) is 0 Å². The number of anilines is 4. The van der Waals surface area contributed by atoms with Gasteiger partial charge in [0, 0.05) is 18.3 Å². The van der Waals surface area contributed by atoms with E-state index >= 15 is 0 Å². The number of nitrogens with one attached hydrogen (secondary N) is 2. The fourth-order valence-corrected chi connectivity index (χ4v) is 2.77. The number of hydrogen-bond donors (Lipinski definition) is 3. The minimum Gasteiger partial charge on any atom is -0.454 e. The van der Waals surface area contributed by atoms with Crippen LogP contribution in [-0.4, -0.2) is 26.8 Å². The quantitative estimate of drug-likeness (QED) is 0.510. The first-order valence-corrected chi connectivity index (χ1v) is 9.34. The lowest BCUT2D eigenvalue weighted by Crippen LogP contribution is -2.12. The molecule has 0 spiro atoms. The topological polar surface area (TPSA) is 132 Å². The van der Waals surface area contributed by atoms with Crippen molar-refractivity contribution in [2.24, 2.45) is 0 Å². The summed E-state index contributed by atoms with van der Waals surface area (Å²) < 4.78 is 5.29. The van der Waals surface area contributed by atoms with Gasteiger partial charge in [0.25, 0.3) is 0 Å². The highest BCUT2D eigenvalue weighted by molar-refractivity contribution is 5.93. The number of carbonyl (C=O) groups excluding carboxylic acids is 2. The highest BCUT2D eigenvalue weighted by Gasteiger charge is 2.12. The van der Waals surface area contributed by atoms with Crippen molar-refractivity contribution >= 4 is 35.1 Å². The average molecular weight is 406 g/mol. The van der Waals surface area contributed by atoms with Crippen LogP contribution in [-0.2, 0) is 22.6 Å². The molecule has 0 aliphatic heterocycles. The fourth-order valence-electron chi connectivity index (χ4n) is 2.77. The standard InChI is InChI=1S/C21H22N6O3/c1-3-14-7-4-5-10-17(14)24-21-26-18(25-20(22)27-21)12-30-19(29)15-8-6-9-16(11-15)23-13(2)28/h4-11H,3,12H2,1-2H3,(H,23,28)(H3,22,24,25,26,27). The second-order valence-corrected chi connectivity index (χ2v) is 6.41. The lowest BCUT2D eigenvalue weighted by atomic mass is 10.1. The third kappa shape index (κ3) is 5.51. The molecule has 0 atom stereocenters. The number of nitrogens with zero attached hydrogens (tertiary/aromatic N) is 3. The maximum atomic E-state index is 12.3. The molecule has 2 aromatic carbocycles. The molecule has 3 rings (SSSR count). The Kier molecular flexibility index (Phi) is 6.53. The van der Waals surface area contributed by atoms with Crippen LogP contribution in [0.5, 0.6) is 0 Å². The number of nitrogen functional groups attached to an aromatic ring is 1. The molecule has 4 N–H and O–H groups in total. The summed E-state index contributed by atoms with van der Waals surface area (Å²) in [5, 5.41) is 5.74. The number of ether oxygens (including phenoxy) is 1. The molecule has 0 saturated carbocycles. The maximum absolute atomic E-state index is 12.3. The first kappa shape index (κ1) is 20.7. The zero-order valence-electron chi connectivity index (χ0n) is 16.7. The summed E-state index contributed by atoms with van der Waals surface area (Å²) in [7, 11) is 0. The van der Waals surface area contributed by atoms with Gasteiger partial charge in [0.05, 0.1) is 5.56 Å². The molecule has 0 bridgehead atoms. The minimum absolute atomic E-state index is 0.0141. The summed E-state index contributed by atoms with van der Waals surface area (Å²) in [6, 6.07) is 14.2. The zero-order valence-corrected chi connectivity index (χ0v) is 16.7. The van der Waals surface area contributed by atoms with E-state index in [1.807, 2.05) is 31.2 Å². The van der Waals surface area contributed by atoms with Gasteiger partial charge in [-0.1, -0.05) is 31.2 Å². The number of hydrogen-bond acceptors (Lipinski definition) is 8. The highest BCUT2D eigenvalue weighted by Crippen LogP contribution is 2.19. The highest BCUT2D eigenvalue weighted by atomic mass is 16.5. The Morgan fingerprint density at radius 2 is 1.87 bits per heavy atom. The normalized spacial score (nSPS) is 10.3. The van der Waals surface area contributed by atoms with Gasteiger partial charge in [-0.05, 0) is 36.2 Å². The van der Waals surface area contributed by atoms with Crippen LogP contribution in [0.25, 0.3) is 0 Å². The van der Waals surface area contributed by atoms with Crippen LogP contribution in [0.15, 0.2) is 48.5 Å². The molecule has 9 nitrogen and oxygen atoms in total. The Morgan fingerprint density at radius 3 is 2.63 bits per heavy atom. The van der Waals surface area contributed by atoms with Crippen LogP contribution < -0.4 is 16.4 Å². The first-order chi connectivity index (χ1) is 14.4. The lowest BCUT2D eigenvalue weighted by Gasteiger charge is -2.11. The molecule has 1 amide bonds. The van der Waals surface area contributed by atoms with E-state index in [4.69, 9.17) is 10.5 Å². The second-order valence-electron chi connectivity index (χ2n) is 6.41. The van der Waals surface area contributed by atoms with Crippen molar-refractivity contribution in [3.8, 4) is 0 Å². The van der Waals surface area contributed by atoms with Gasteiger partial charge in [0.15, 0.2) is 12.4 Å². The van der Waals surface area contributed by atoms with E-state index in [1.54, 1.807) is 18.2 Å². The minimum atomic E-state index is -0.577. The third-order valence-electron chi connectivity index (χ3n) is 4.09. The Hall–Kier alpha value is -4.01. The van der Waals surface area contributed by atoms with Crippen molar-refractivity contribution in [3.63, 3.8) is 0 Å². The molecular weight excluding hydrogens is 384 g/mol. The number of amides is 1. The van der Waals surface area contributed by atoms with Crippen molar-refractivity contribution in [3.05, 3.63) is 65.5 Å². The number of benzene rings is 2. The van der Waals surface area contributed by atoms with Crippen LogP contribution in [0.1, 0.15) is 35.6 Å². The van der Waals surface area contributed by atoms with Crippen molar-refractivity contribution in [1.29, 1.82) is 0 Å². The van der Waals surface area contributed by atoms with Gasteiger partial charge in [0.1, 0.15) is 0 Å². The SMILES string of the molecule is CCc1ccccc1Nc1nc(N)nc(COC(=O)c2cccc(NC(C)=O)c2)n1. The van der Waals surface area contributed by atoms with Crippen molar-refractivity contribution in [2.75, 3.05) is 16.4 Å². The third-order valence-corrected chi connectivity index (χ3v) is 4.09. The van der Waals surface area contributed by atoms with E-state index < -0.39 is 5.97 Å². The van der Waals surface area contributed by atoms with Gasteiger partial charge in [0.2, 0.25) is 17.8 Å². The average Bonchev–Trinajstić information content (AvgIpc) is 2.72. The number of nitrogens with two attached hydrogens (primary N) is 1. The maximum Gasteiger partial charge on any atom is 0.338 e. The molecule has 0 saturated heterocycles. The monoisotopic (exact) mass is 406 g/mol. The Labute approximate surface area is 173 Å². The number of aromatic nitrogens is 3. The largest absolute Gasteiger partial charge is 0.454 e. The van der Waals surface area contributed by atoms with Gasteiger partial charge in [-0.25, -0.2) is 4.79 Å². The summed E-state index contributed by atoms with van der Waals surface area (Å²) in [5.41, 5.74) is 8.54. The molecule has 30 heavy (non-hydrogen) atoms. The molecule has 0 aliphatic rings. The van der Waals surface area contributed by atoms with E-state index in [0.717, 1.165) is 17.7 Å². The number of aryl methyl sites for hydroxylation is 1. The van der Waals surface area contributed by atoms with E-state index in [0.29, 0.717) is 11.3 Å². The van der Waals surface area contributed by atoms with Crippen LogP contribution in [0.4, 0.5) is 23.3 Å². The van der Waals surface area contributed by atoms with Crippen LogP contribution >= 0.6 is 0 Å². The van der Waals surface area contributed by atoms with Crippen molar-refractivity contribution < 1.29 is 14.3 Å². The molecule has 3 aromatic rings. The lowest BCUT2D eigenvalue weighted by molar-refractivity contribution is -0.114. The predicted molar refractivity (Wildman–Crippen MR) is 113 cm³/mol. The summed E-state index contributed by atoms with van der Waals surface area (Å²) in [6.45, 7) is 3.26. The molecular formula is C21H22N6O3. The smallest absolute Gasteiger partial charge is 0.338 e. The van der Waals surface area contributed by atoms with Gasteiger partial charge in [-0.2, -0.15) is 15.0 Å². The van der Waals surface area contributed by atoms with E-state index in [2.05, 4.69) is 25.6 Å². The summed E-state index contributed by atoms with van der Waals surface area (Å²) in [6.07, 6.45) is 0.839. The number of rotatable bonds is 7. The van der Waals surface area contributed by atoms with Gasteiger partial charge < -0.3 is 21.1 Å². The van der Waals surface area contributed by atoms with Gasteiger partial charge >= 0.3 is 5.97 Å². The Balaban J connectivity index is 1.70. The molecule has 9 heteroatoms. The second kappa shape index (κ2) is 9.46. The van der Waals surface area contributed by atoms with E-state index in [1.165, 1.54) is 13.0 Å². The van der Waals surface area contributed by atoms with Crippen LogP contribution in [0.3, 0.4) is 0 Å². The molecule has 0 unspecified atom stereocenters. The number of esters is 1. The van der Waals surface area contributed by atoms with Crippen molar-refractivity contribution in [1.82, 2.24) is 15.0 Å². The molecule has 1 aromatic heterocycles. The zero-order chi connectivity index (χ0) is 21.5. The van der Waals surface area contributed by atoms with Crippen LogP contribution in [0.2, 0.25) is 0 Å². The molecule has 1 heterocycles. The van der Waals surface area contributed by atoms with Crippen LogP contribution in [0, 0.1) is 0 Å². The number of para-hydroxylation sites is 1. The Bertz CT molecular complexity index is 1070. The molecule has 0 aliphatic carbocycles. The predicted octanol–water partition coefficient (Wildman–Crippen LogP) is 3.08. The summed E-state index contributed by atoms with van der Waals surface area (Å²) in [4.78, 5) is 35.9. The summed E-state index contributed by atoms with van der Waals surface area (Å²) in [5.74, 6) is -0.314. The van der Waals surface area contributed by atoms with E-state index in [-0.39, 0.29) is 30.2 Å². The molecule has 0 radical (unpaired) electrons.